The zero-order chi connectivity index (χ0) is 18.2. The predicted molar refractivity (Wildman–Crippen MR) is 100 cm³/mol. The topological polar surface area (TPSA) is 78.4 Å². The Morgan fingerprint density at radius 2 is 1.72 bits per heavy atom. The van der Waals surface area contributed by atoms with Crippen LogP contribution in [0.2, 0.25) is 5.02 Å². The second-order valence-electron chi connectivity index (χ2n) is 5.28. The Hall–Kier alpha value is -2.18. The summed E-state index contributed by atoms with van der Waals surface area (Å²) in [6.45, 7) is 2.45. The standard InChI is InChI=1S/C18H19ClN2O3S/c1-12(25-16-5-3-2-4-15(16)19)17(23)20-10-11-21-18(24)13-6-8-14(22)9-7-13/h2-9,12,22H,10-11H2,1H3,(H,20,23)(H,21,24). The number of amides is 2. The predicted octanol–water partition coefficient (Wildman–Crippen LogP) is 3.07. The van der Waals surface area contributed by atoms with Gasteiger partial charge in [0.2, 0.25) is 5.91 Å². The minimum absolute atomic E-state index is 0.105. The number of nitrogens with one attached hydrogen (secondary N) is 2. The van der Waals surface area contributed by atoms with Gasteiger partial charge in [-0.15, -0.1) is 11.8 Å². The number of phenols is 1. The quantitative estimate of drug-likeness (QED) is 0.511. The molecule has 25 heavy (non-hydrogen) atoms. The molecular weight excluding hydrogens is 360 g/mol. The van der Waals surface area contributed by atoms with Gasteiger partial charge in [0.1, 0.15) is 5.75 Å². The summed E-state index contributed by atoms with van der Waals surface area (Å²) in [5.41, 5.74) is 0.451. The SMILES string of the molecule is CC(Sc1ccccc1Cl)C(=O)NCCNC(=O)c1ccc(O)cc1. The molecule has 0 heterocycles. The Labute approximate surface area is 155 Å². The van der Waals surface area contributed by atoms with E-state index in [-0.39, 0.29) is 22.8 Å². The average Bonchev–Trinajstić information content (AvgIpc) is 2.60. The third-order valence-corrected chi connectivity index (χ3v) is 4.97. The van der Waals surface area contributed by atoms with Crippen LogP contribution in [-0.2, 0) is 4.79 Å². The van der Waals surface area contributed by atoms with E-state index in [0.717, 1.165) is 4.90 Å². The molecule has 0 aromatic heterocycles. The Morgan fingerprint density at radius 3 is 2.40 bits per heavy atom. The van der Waals surface area contributed by atoms with Crippen molar-refractivity contribution in [3.63, 3.8) is 0 Å². The van der Waals surface area contributed by atoms with Crippen LogP contribution >= 0.6 is 23.4 Å². The molecule has 0 aliphatic rings. The van der Waals surface area contributed by atoms with Gasteiger partial charge in [-0.1, -0.05) is 23.7 Å². The molecule has 0 aliphatic carbocycles. The first-order chi connectivity index (χ1) is 12.0. The molecule has 0 fully saturated rings. The number of aromatic hydroxyl groups is 1. The molecule has 5 nitrogen and oxygen atoms in total. The molecule has 0 saturated carbocycles. The van der Waals surface area contributed by atoms with E-state index in [1.807, 2.05) is 18.2 Å². The molecule has 0 radical (unpaired) electrons. The number of hydrogen-bond donors (Lipinski definition) is 3. The summed E-state index contributed by atoms with van der Waals surface area (Å²) >= 11 is 7.47. The molecule has 7 heteroatoms. The van der Waals surface area contributed by atoms with Crippen molar-refractivity contribution in [3.8, 4) is 5.75 Å². The molecule has 0 aliphatic heterocycles. The van der Waals surface area contributed by atoms with Crippen LogP contribution in [0.15, 0.2) is 53.4 Å². The van der Waals surface area contributed by atoms with E-state index in [2.05, 4.69) is 10.6 Å². The second kappa shape index (κ2) is 9.34. The van der Waals surface area contributed by atoms with E-state index in [1.54, 1.807) is 13.0 Å². The molecule has 2 amide bonds. The molecule has 132 valence electrons. The fourth-order valence-electron chi connectivity index (χ4n) is 2.00. The van der Waals surface area contributed by atoms with E-state index in [1.165, 1.54) is 36.0 Å². The van der Waals surface area contributed by atoms with Crippen molar-refractivity contribution >= 4 is 35.2 Å². The van der Waals surface area contributed by atoms with Gasteiger partial charge in [-0.3, -0.25) is 9.59 Å². The lowest BCUT2D eigenvalue weighted by Gasteiger charge is -2.13. The van der Waals surface area contributed by atoms with Crippen molar-refractivity contribution in [2.45, 2.75) is 17.1 Å². The molecular formula is C18H19ClN2O3S. The first kappa shape index (κ1) is 19.1. The van der Waals surface area contributed by atoms with E-state index in [9.17, 15) is 14.7 Å². The van der Waals surface area contributed by atoms with Gasteiger partial charge in [-0.05, 0) is 43.3 Å². The van der Waals surface area contributed by atoms with Crippen LogP contribution in [0.3, 0.4) is 0 Å². The highest BCUT2D eigenvalue weighted by Gasteiger charge is 2.15. The van der Waals surface area contributed by atoms with Crippen molar-refractivity contribution in [2.75, 3.05) is 13.1 Å². The van der Waals surface area contributed by atoms with Crippen LogP contribution in [0.5, 0.6) is 5.75 Å². The lowest BCUT2D eigenvalue weighted by molar-refractivity contribution is -0.120. The Balaban J connectivity index is 1.72. The van der Waals surface area contributed by atoms with E-state index in [4.69, 9.17) is 11.6 Å². The van der Waals surface area contributed by atoms with Crippen molar-refractivity contribution in [1.82, 2.24) is 10.6 Å². The minimum atomic E-state index is -0.298. The van der Waals surface area contributed by atoms with Gasteiger partial charge in [0.25, 0.3) is 5.91 Å². The zero-order valence-electron chi connectivity index (χ0n) is 13.7. The van der Waals surface area contributed by atoms with E-state index >= 15 is 0 Å². The molecule has 2 aromatic rings. The normalized spacial score (nSPS) is 11.6. The maximum atomic E-state index is 12.1. The minimum Gasteiger partial charge on any atom is -0.508 e. The van der Waals surface area contributed by atoms with Gasteiger partial charge in [-0.2, -0.15) is 0 Å². The van der Waals surface area contributed by atoms with E-state index in [0.29, 0.717) is 23.7 Å². The summed E-state index contributed by atoms with van der Waals surface area (Å²) in [5, 5.41) is 15.0. The van der Waals surface area contributed by atoms with Gasteiger partial charge in [0.05, 0.1) is 10.3 Å². The van der Waals surface area contributed by atoms with Gasteiger partial charge >= 0.3 is 0 Å². The number of halogens is 1. The zero-order valence-corrected chi connectivity index (χ0v) is 15.2. The van der Waals surface area contributed by atoms with Gasteiger partial charge in [0, 0.05) is 23.5 Å². The number of carbonyl (C=O) groups excluding carboxylic acids is 2. The molecule has 0 spiro atoms. The molecule has 2 rings (SSSR count). The largest absolute Gasteiger partial charge is 0.508 e. The maximum Gasteiger partial charge on any atom is 0.251 e. The monoisotopic (exact) mass is 378 g/mol. The molecule has 3 N–H and O–H groups in total. The molecule has 1 atom stereocenters. The van der Waals surface area contributed by atoms with Crippen molar-refractivity contribution in [2.24, 2.45) is 0 Å². The number of rotatable bonds is 7. The van der Waals surface area contributed by atoms with Crippen molar-refractivity contribution < 1.29 is 14.7 Å². The van der Waals surface area contributed by atoms with E-state index < -0.39 is 0 Å². The van der Waals surface area contributed by atoms with Gasteiger partial charge in [-0.25, -0.2) is 0 Å². The van der Waals surface area contributed by atoms with Crippen LogP contribution < -0.4 is 10.6 Å². The number of thioether (sulfide) groups is 1. The number of benzene rings is 2. The number of phenolic OH excluding ortho intramolecular Hbond substituents is 1. The van der Waals surface area contributed by atoms with Crippen LogP contribution in [0.4, 0.5) is 0 Å². The summed E-state index contributed by atoms with van der Waals surface area (Å²) in [7, 11) is 0. The van der Waals surface area contributed by atoms with Gasteiger partial charge < -0.3 is 15.7 Å². The van der Waals surface area contributed by atoms with Crippen LogP contribution in [-0.4, -0.2) is 35.3 Å². The smallest absolute Gasteiger partial charge is 0.251 e. The Bertz CT molecular complexity index is 737. The summed E-state index contributed by atoms with van der Waals surface area (Å²) in [5.74, 6) is -0.273. The molecule has 2 aromatic carbocycles. The second-order valence-corrected chi connectivity index (χ2v) is 7.07. The summed E-state index contributed by atoms with van der Waals surface area (Å²) in [6, 6.07) is 13.3. The summed E-state index contributed by atoms with van der Waals surface area (Å²) < 4.78 is 0. The van der Waals surface area contributed by atoms with Crippen LogP contribution in [0, 0.1) is 0 Å². The maximum absolute atomic E-state index is 12.1. The third kappa shape index (κ3) is 5.99. The number of hydrogen-bond acceptors (Lipinski definition) is 4. The van der Waals surface area contributed by atoms with Gasteiger partial charge in [0.15, 0.2) is 0 Å². The highest BCUT2D eigenvalue weighted by Crippen LogP contribution is 2.29. The first-order valence-corrected chi connectivity index (χ1v) is 8.99. The average molecular weight is 379 g/mol. The van der Waals surface area contributed by atoms with Crippen LogP contribution in [0.25, 0.3) is 0 Å². The fraction of sp³-hybridized carbons (Fsp3) is 0.222. The highest BCUT2D eigenvalue weighted by atomic mass is 35.5. The molecule has 0 saturated heterocycles. The fourth-order valence-corrected chi connectivity index (χ4v) is 3.18. The molecule has 0 bridgehead atoms. The highest BCUT2D eigenvalue weighted by molar-refractivity contribution is 8.00. The lowest BCUT2D eigenvalue weighted by atomic mass is 10.2. The summed E-state index contributed by atoms with van der Waals surface area (Å²) in [6.07, 6.45) is 0. The number of carbonyl (C=O) groups is 2. The molecule has 1 unspecified atom stereocenters. The van der Waals surface area contributed by atoms with Crippen molar-refractivity contribution in [1.29, 1.82) is 0 Å². The van der Waals surface area contributed by atoms with Crippen molar-refractivity contribution in [3.05, 3.63) is 59.1 Å². The summed E-state index contributed by atoms with van der Waals surface area (Å²) in [4.78, 5) is 24.8. The first-order valence-electron chi connectivity index (χ1n) is 7.73. The Kier molecular flexibility index (Phi) is 7.16. The third-order valence-electron chi connectivity index (χ3n) is 3.35. The Morgan fingerprint density at radius 1 is 1.08 bits per heavy atom. The van der Waals surface area contributed by atoms with Crippen LogP contribution in [0.1, 0.15) is 17.3 Å². The lowest BCUT2D eigenvalue weighted by Crippen LogP contribution is -2.37.